The molecule has 4 aromatic carbocycles. The van der Waals surface area contributed by atoms with E-state index >= 15 is 0 Å². The molecule has 0 bridgehead atoms. The summed E-state index contributed by atoms with van der Waals surface area (Å²) in [6.45, 7) is 3.01. The second-order valence-corrected chi connectivity index (χ2v) is 11.3. The third kappa shape index (κ3) is 3.06. The van der Waals surface area contributed by atoms with Crippen LogP contribution < -0.4 is 0 Å². The van der Waals surface area contributed by atoms with E-state index in [-0.39, 0.29) is 23.7 Å². The van der Waals surface area contributed by atoms with Gasteiger partial charge in [-0.3, -0.25) is 9.69 Å². The maximum Gasteiger partial charge on any atom is 0.169 e. The second kappa shape index (κ2) is 8.42. The summed E-state index contributed by atoms with van der Waals surface area (Å²) in [6.07, 6.45) is 2.18. The lowest BCUT2D eigenvalue weighted by molar-refractivity contribution is 0.0781. The molecule has 2 saturated heterocycles. The predicted molar refractivity (Wildman–Crippen MR) is 154 cm³/mol. The highest BCUT2D eigenvalue weighted by Gasteiger charge is 2.67. The molecule has 5 aromatic rings. The van der Waals surface area contributed by atoms with Gasteiger partial charge >= 0.3 is 0 Å². The molecule has 1 aliphatic carbocycles. The Balaban J connectivity index is 1.47. The fourth-order valence-electron chi connectivity index (χ4n) is 7.81. The number of Topliss-reactive ketones (excluding diaryl/α,β-unsaturated/α-hetero) is 1. The number of ketones is 1. The molecule has 4 nitrogen and oxygen atoms in total. The van der Waals surface area contributed by atoms with Crippen molar-refractivity contribution in [2.45, 2.75) is 37.3 Å². The van der Waals surface area contributed by atoms with Crippen LogP contribution in [0.1, 0.15) is 51.5 Å². The summed E-state index contributed by atoms with van der Waals surface area (Å²) in [5.74, 6) is -0.0867. The van der Waals surface area contributed by atoms with Crippen LogP contribution >= 0.6 is 0 Å². The first-order valence-electron chi connectivity index (χ1n) is 14.0. The van der Waals surface area contributed by atoms with E-state index in [0.717, 1.165) is 58.5 Å². The van der Waals surface area contributed by atoms with Gasteiger partial charge in [0.1, 0.15) is 5.54 Å². The number of benzene rings is 4. The summed E-state index contributed by atoms with van der Waals surface area (Å²) in [5, 5.41) is 0. The van der Waals surface area contributed by atoms with Crippen molar-refractivity contribution in [3.8, 4) is 11.3 Å². The number of rotatable bonds is 3. The van der Waals surface area contributed by atoms with Gasteiger partial charge in [-0.1, -0.05) is 96.6 Å². The molecule has 8 rings (SSSR count). The van der Waals surface area contributed by atoms with E-state index in [1.165, 1.54) is 11.1 Å². The standard InChI is InChI=1S/C35H29N3O/c1-22-17-19-24(20-18-22)33(39)31-30(23-10-3-2-4-11-23)29-16-9-21-38(29)35(31)26-13-6-5-12-25(26)32-34(35)37-28-15-8-7-14-27(28)36-32/h2-8,10-15,17-20,29-31H,9,16,21H2,1H3. The zero-order chi connectivity index (χ0) is 26.1. The lowest BCUT2D eigenvalue weighted by Crippen LogP contribution is -2.48. The highest BCUT2D eigenvalue weighted by atomic mass is 16.1. The van der Waals surface area contributed by atoms with Crippen LogP contribution in [0.25, 0.3) is 22.3 Å². The number of carbonyl (C=O) groups is 1. The maximum absolute atomic E-state index is 14.9. The topological polar surface area (TPSA) is 46.1 Å². The minimum Gasteiger partial charge on any atom is -0.294 e. The van der Waals surface area contributed by atoms with E-state index in [9.17, 15) is 4.79 Å². The zero-order valence-electron chi connectivity index (χ0n) is 21.9. The van der Waals surface area contributed by atoms with Gasteiger partial charge in [0, 0.05) is 23.1 Å². The molecule has 1 aromatic heterocycles. The molecule has 4 atom stereocenters. The van der Waals surface area contributed by atoms with Gasteiger partial charge in [0.15, 0.2) is 5.78 Å². The van der Waals surface area contributed by atoms with Gasteiger partial charge in [-0.15, -0.1) is 0 Å². The average molecular weight is 508 g/mol. The molecule has 3 heterocycles. The Morgan fingerprint density at radius 2 is 1.51 bits per heavy atom. The summed E-state index contributed by atoms with van der Waals surface area (Å²) in [6, 6.07) is 35.8. The number of aryl methyl sites for hydroxylation is 1. The molecule has 2 fully saturated rings. The zero-order valence-corrected chi connectivity index (χ0v) is 21.9. The quantitative estimate of drug-likeness (QED) is 0.249. The summed E-state index contributed by atoms with van der Waals surface area (Å²) in [5.41, 5.74) is 8.39. The van der Waals surface area contributed by atoms with Crippen molar-refractivity contribution >= 4 is 16.8 Å². The molecule has 190 valence electrons. The van der Waals surface area contributed by atoms with Gasteiger partial charge in [0.05, 0.1) is 28.3 Å². The van der Waals surface area contributed by atoms with Crippen LogP contribution in [0.4, 0.5) is 0 Å². The van der Waals surface area contributed by atoms with Crippen LogP contribution in [0.5, 0.6) is 0 Å². The van der Waals surface area contributed by atoms with Gasteiger partial charge in [0.25, 0.3) is 0 Å². The first-order valence-corrected chi connectivity index (χ1v) is 14.0. The summed E-state index contributed by atoms with van der Waals surface area (Å²) < 4.78 is 0. The van der Waals surface area contributed by atoms with Gasteiger partial charge in [-0.25, -0.2) is 9.97 Å². The molecule has 0 N–H and O–H groups in total. The first kappa shape index (κ1) is 22.8. The number of aromatic nitrogens is 2. The third-order valence-electron chi connectivity index (χ3n) is 9.30. The van der Waals surface area contributed by atoms with Crippen molar-refractivity contribution in [3.05, 3.63) is 131 Å². The number of nitrogens with zero attached hydrogens (tertiary/aromatic N) is 3. The van der Waals surface area contributed by atoms with E-state index in [0.29, 0.717) is 0 Å². The molecule has 4 unspecified atom stereocenters. The normalized spacial score (nSPS) is 25.1. The maximum atomic E-state index is 14.9. The minimum atomic E-state index is -0.674. The van der Waals surface area contributed by atoms with Crippen molar-refractivity contribution in [1.82, 2.24) is 14.9 Å². The van der Waals surface area contributed by atoms with Gasteiger partial charge in [-0.05, 0) is 49.6 Å². The average Bonchev–Trinajstić information content (AvgIpc) is 3.64. The molecule has 1 spiro atoms. The Morgan fingerprint density at radius 3 is 2.31 bits per heavy atom. The molecule has 0 radical (unpaired) electrons. The summed E-state index contributed by atoms with van der Waals surface area (Å²) >= 11 is 0. The highest BCUT2D eigenvalue weighted by molar-refractivity contribution is 6.01. The van der Waals surface area contributed by atoms with Crippen molar-refractivity contribution in [1.29, 1.82) is 0 Å². The Bertz CT molecular complexity index is 1750. The van der Waals surface area contributed by atoms with Crippen molar-refractivity contribution < 1.29 is 4.79 Å². The third-order valence-corrected chi connectivity index (χ3v) is 9.30. The van der Waals surface area contributed by atoms with E-state index in [1.54, 1.807) is 0 Å². The van der Waals surface area contributed by atoms with Gasteiger partial charge < -0.3 is 0 Å². The number of carbonyl (C=O) groups excluding carboxylic acids is 1. The summed E-state index contributed by atoms with van der Waals surface area (Å²) in [4.78, 5) is 28.2. The van der Waals surface area contributed by atoms with Gasteiger partial charge in [-0.2, -0.15) is 0 Å². The van der Waals surface area contributed by atoms with Crippen LogP contribution in [-0.2, 0) is 5.54 Å². The van der Waals surface area contributed by atoms with Crippen molar-refractivity contribution in [2.24, 2.45) is 5.92 Å². The molecular formula is C35H29N3O. The molecular weight excluding hydrogens is 478 g/mol. The molecule has 0 amide bonds. The molecule has 3 aliphatic rings. The fraction of sp³-hybridized carbons (Fsp3) is 0.229. The van der Waals surface area contributed by atoms with Crippen LogP contribution in [0.15, 0.2) is 103 Å². The Morgan fingerprint density at radius 1 is 0.821 bits per heavy atom. The SMILES string of the molecule is Cc1ccc(C(=O)C2C(c3ccccc3)C3CCCN3C23c2ccccc2-c2nc4ccccc4nc23)cc1. The predicted octanol–water partition coefficient (Wildman–Crippen LogP) is 6.92. The largest absolute Gasteiger partial charge is 0.294 e. The lowest BCUT2D eigenvalue weighted by Gasteiger charge is -2.39. The van der Waals surface area contributed by atoms with Crippen molar-refractivity contribution in [2.75, 3.05) is 6.54 Å². The number of hydrogen-bond donors (Lipinski definition) is 0. The molecule has 0 saturated carbocycles. The summed E-state index contributed by atoms with van der Waals surface area (Å²) in [7, 11) is 0. The Labute approximate surface area is 228 Å². The molecule has 39 heavy (non-hydrogen) atoms. The number of hydrogen-bond acceptors (Lipinski definition) is 4. The fourth-order valence-corrected chi connectivity index (χ4v) is 7.81. The van der Waals surface area contributed by atoms with Crippen LogP contribution in [-0.4, -0.2) is 33.2 Å². The van der Waals surface area contributed by atoms with E-state index < -0.39 is 5.54 Å². The number of fused-ring (bicyclic) bond motifs is 8. The monoisotopic (exact) mass is 507 g/mol. The second-order valence-electron chi connectivity index (χ2n) is 11.3. The Hall–Kier alpha value is -4.15. The number of para-hydroxylation sites is 2. The Kier molecular flexibility index (Phi) is 4.92. The van der Waals surface area contributed by atoms with Gasteiger partial charge in [0.2, 0.25) is 0 Å². The van der Waals surface area contributed by atoms with Crippen LogP contribution in [0.3, 0.4) is 0 Å². The lowest BCUT2D eigenvalue weighted by atomic mass is 9.68. The minimum absolute atomic E-state index is 0.0507. The van der Waals surface area contributed by atoms with E-state index in [4.69, 9.17) is 9.97 Å². The van der Waals surface area contributed by atoms with Crippen LogP contribution in [0, 0.1) is 12.8 Å². The smallest absolute Gasteiger partial charge is 0.169 e. The van der Waals surface area contributed by atoms with Crippen molar-refractivity contribution in [3.63, 3.8) is 0 Å². The highest BCUT2D eigenvalue weighted by Crippen LogP contribution is 2.65. The molecule has 2 aliphatic heterocycles. The van der Waals surface area contributed by atoms with E-state index in [1.807, 2.05) is 36.4 Å². The molecule has 4 heteroatoms. The first-order chi connectivity index (χ1) is 19.2. The van der Waals surface area contributed by atoms with Crippen LogP contribution in [0.2, 0.25) is 0 Å². The van der Waals surface area contributed by atoms with E-state index in [2.05, 4.69) is 78.6 Å².